The van der Waals surface area contributed by atoms with Gasteiger partial charge in [-0.25, -0.2) is 9.67 Å². The number of pyridine rings is 1. The van der Waals surface area contributed by atoms with Crippen molar-refractivity contribution >= 4 is 29.1 Å². The Balaban J connectivity index is 1.75. The summed E-state index contributed by atoms with van der Waals surface area (Å²) in [5.41, 5.74) is 2.00. The van der Waals surface area contributed by atoms with E-state index in [9.17, 15) is 4.79 Å². The van der Waals surface area contributed by atoms with Gasteiger partial charge in [-0.3, -0.25) is 4.79 Å². The molecular weight excluding hydrogens is 347 g/mol. The van der Waals surface area contributed by atoms with Gasteiger partial charge < -0.3 is 5.32 Å². The van der Waals surface area contributed by atoms with E-state index < -0.39 is 0 Å². The first-order valence-electron chi connectivity index (χ1n) is 7.24. The van der Waals surface area contributed by atoms with Crippen molar-refractivity contribution in [2.75, 3.05) is 0 Å². The fraction of sp³-hybridized carbons (Fsp3) is 0.118. The lowest BCUT2D eigenvalue weighted by molar-refractivity contribution is 0.0950. The van der Waals surface area contributed by atoms with Crippen LogP contribution in [-0.4, -0.2) is 20.7 Å². The molecule has 24 heavy (non-hydrogen) atoms. The second kappa shape index (κ2) is 7.03. The summed E-state index contributed by atoms with van der Waals surface area (Å²) >= 11 is 12.0. The predicted molar refractivity (Wildman–Crippen MR) is 93.7 cm³/mol. The predicted octanol–water partition coefficient (Wildman–Crippen LogP) is 3.81. The van der Waals surface area contributed by atoms with Crippen molar-refractivity contribution in [1.82, 2.24) is 20.1 Å². The Morgan fingerprint density at radius 2 is 2.08 bits per heavy atom. The Kier molecular flexibility index (Phi) is 4.83. The van der Waals surface area contributed by atoms with Gasteiger partial charge in [0.25, 0.3) is 5.91 Å². The maximum absolute atomic E-state index is 12.4. The lowest BCUT2D eigenvalue weighted by Crippen LogP contribution is -2.23. The second-order valence-electron chi connectivity index (χ2n) is 5.16. The van der Waals surface area contributed by atoms with Gasteiger partial charge in [0.05, 0.1) is 17.5 Å². The molecule has 5 nitrogen and oxygen atoms in total. The molecule has 2 aromatic heterocycles. The molecule has 0 fully saturated rings. The van der Waals surface area contributed by atoms with Crippen molar-refractivity contribution in [2.24, 2.45) is 0 Å². The molecule has 3 aromatic rings. The second-order valence-corrected chi connectivity index (χ2v) is 6.01. The van der Waals surface area contributed by atoms with Gasteiger partial charge in [0, 0.05) is 22.8 Å². The van der Waals surface area contributed by atoms with E-state index in [1.807, 2.05) is 25.1 Å². The number of aromatic nitrogens is 3. The Morgan fingerprint density at radius 1 is 1.25 bits per heavy atom. The normalized spacial score (nSPS) is 10.6. The number of hydrogen-bond donors (Lipinski definition) is 1. The summed E-state index contributed by atoms with van der Waals surface area (Å²) in [6.45, 7) is 2.13. The third-order valence-corrected chi connectivity index (χ3v) is 4.16. The summed E-state index contributed by atoms with van der Waals surface area (Å²) in [5, 5.41) is 8.16. The minimum absolute atomic E-state index is 0.222. The van der Waals surface area contributed by atoms with Gasteiger partial charge in [-0.1, -0.05) is 35.3 Å². The van der Waals surface area contributed by atoms with Crippen molar-refractivity contribution in [3.63, 3.8) is 0 Å². The average molecular weight is 361 g/mol. The molecule has 0 aliphatic rings. The number of carbonyl (C=O) groups excluding carboxylic acids is 1. The summed E-state index contributed by atoms with van der Waals surface area (Å²) in [4.78, 5) is 16.6. The fourth-order valence-corrected chi connectivity index (χ4v) is 2.75. The zero-order valence-corrected chi connectivity index (χ0v) is 14.3. The first-order valence-corrected chi connectivity index (χ1v) is 8.00. The number of rotatable bonds is 4. The molecule has 0 spiro atoms. The molecule has 3 rings (SSSR count). The fourth-order valence-electron chi connectivity index (χ4n) is 2.28. The number of benzene rings is 1. The van der Waals surface area contributed by atoms with Crippen molar-refractivity contribution in [2.45, 2.75) is 13.5 Å². The van der Waals surface area contributed by atoms with Gasteiger partial charge in [-0.2, -0.15) is 5.10 Å². The monoisotopic (exact) mass is 360 g/mol. The molecule has 0 atom stereocenters. The van der Waals surface area contributed by atoms with Crippen LogP contribution in [0.3, 0.4) is 0 Å². The highest BCUT2D eigenvalue weighted by Gasteiger charge is 2.15. The van der Waals surface area contributed by atoms with Crippen LogP contribution in [0.25, 0.3) is 5.82 Å². The maximum atomic E-state index is 12.4. The molecule has 1 aromatic carbocycles. The average Bonchev–Trinajstić information content (AvgIpc) is 2.96. The van der Waals surface area contributed by atoms with E-state index in [1.165, 1.54) is 6.20 Å². The molecule has 1 N–H and O–H groups in total. The topological polar surface area (TPSA) is 59.8 Å². The van der Waals surface area contributed by atoms with Crippen LogP contribution >= 0.6 is 23.2 Å². The summed E-state index contributed by atoms with van der Waals surface area (Å²) < 4.78 is 1.63. The molecule has 0 bridgehead atoms. The molecule has 0 saturated carbocycles. The Bertz CT molecular complexity index is 878. The highest BCUT2D eigenvalue weighted by Crippen LogP contribution is 2.21. The Hall–Kier alpha value is -2.37. The van der Waals surface area contributed by atoms with E-state index in [-0.39, 0.29) is 5.91 Å². The van der Waals surface area contributed by atoms with Gasteiger partial charge in [0.1, 0.15) is 0 Å². The SMILES string of the molecule is Cc1c(C(=O)NCc2ccc(Cl)cc2Cl)cnn1-c1ccccn1. The maximum Gasteiger partial charge on any atom is 0.255 e. The van der Waals surface area contributed by atoms with E-state index in [1.54, 1.807) is 29.1 Å². The van der Waals surface area contributed by atoms with Crippen LogP contribution < -0.4 is 5.32 Å². The van der Waals surface area contributed by atoms with Crippen molar-refractivity contribution in [3.8, 4) is 5.82 Å². The highest BCUT2D eigenvalue weighted by atomic mass is 35.5. The number of halogens is 2. The molecule has 122 valence electrons. The lowest BCUT2D eigenvalue weighted by atomic mass is 10.2. The summed E-state index contributed by atoms with van der Waals surface area (Å²) in [6.07, 6.45) is 3.21. The van der Waals surface area contributed by atoms with Gasteiger partial charge >= 0.3 is 0 Å². The third kappa shape index (κ3) is 3.42. The van der Waals surface area contributed by atoms with Crippen molar-refractivity contribution in [3.05, 3.63) is 75.7 Å². The quantitative estimate of drug-likeness (QED) is 0.769. The highest BCUT2D eigenvalue weighted by molar-refractivity contribution is 6.35. The molecule has 7 heteroatoms. The smallest absolute Gasteiger partial charge is 0.255 e. The number of hydrogen-bond acceptors (Lipinski definition) is 3. The van der Waals surface area contributed by atoms with Crippen LogP contribution in [0.1, 0.15) is 21.6 Å². The summed E-state index contributed by atoms with van der Waals surface area (Å²) in [5.74, 6) is 0.440. The minimum Gasteiger partial charge on any atom is -0.348 e. The van der Waals surface area contributed by atoms with E-state index in [2.05, 4.69) is 15.4 Å². The number of nitrogens with one attached hydrogen (secondary N) is 1. The van der Waals surface area contributed by atoms with Gasteiger partial charge in [-0.15, -0.1) is 0 Å². The zero-order valence-electron chi connectivity index (χ0n) is 12.8. The minimum atomic E-state index is -0.222. The molecule has 0 saturated heterocycles. The van der Waals surface area contributed by atoms with E-state index in [0.29, 0.717) is 33.7 Å². The van der Waals surface area contributed by atoms with E-state index >= 15 is 0 Å². The van der Waals surface area contributed by atoms with Crippen LogP contribution in [0.15, 0.2) is 48.8 Å². The van der Waals surface area contributed by atoms with Gasteiger partial charge in [-0.05, 0) is 36.8 Å². The van der Waals surface area contributed by atoms with Gasteiger partial charge in [0.15, 0.2) is 5.82 Å². The zero-order chi connectivity index (χ0) is 17.1. The third-order valence-electron chi connectivity index (χ3n) is 3.58. The van der Waals surface area contributed by atoms with Gasteiger partial charge in [0.2, 0.25) is 0 Å². The van der Waals surface area contributed by atoms with E-state index in [4.69, 9.17) is 23.2 Å². The first kappa shape index (κ1) is 16.5. The largest absolute Gasteiger partial charge is 0.348 e. The number of carbonyl (C=O) groups is 1. The molecule has 1 amide bonds. The Labute approximate surface area is 149 Å². The molecule has 0 aliphatic carbocycles. The van der Waals surface area contributed by atoms with Crippen LogP contribution in [0, 0.1) is 6.92 Å². The van der Waals surface area contributed by atoms with Crippen molar-refractivity contribution in [1.29, 1.82) is 0 Å². The Morgan fingerprint density at radius 3 is 2.79 bits per heavy atom. The molecular formula is C17H14Cl2N4O. The molecule has 2 heterocycles. The lowest BCUT2D eigenvalue weighted by Gasteiger charge is -2.08. The molecule has 0 aliphatic heterocycles. The molecule has 0 unspecified atom stereocenters. The van der Waals surface area contributed by atoms with Crippen LogP contribution in [0.5, 0.6) is 0 Å². The number of amides is 1. The van der Waals surface area contributed by atoms with Crippen LogP contribution in [-0.2, 0) is 6.54 Å². The van der Waals surface area contributed by atoms with Crippen LogP contribution in [0.2, 0.25) is 10.0 Å². The van der Waals surface area contributed by atoms with Crippen LogP contribution in [0.4, 0.5) is 0 Å². The summed E-state index contributed by atoms with van der Waals surface area (Å²) in [6, 6.07) is 10.7. The standard InChI is InChI=1S/C17H14Cl2N4O/c1-11-14(10-22-23(11)16-4-2-3-7-20-16)17(24)21-9-12-5-6-13(18)8-15(12)19/h2-8,10H,9H2,1H3,(H,21,24). The summed E-state index contributed by atoms with van der Waals surface area (Å²) in [7, 11) is 0. The van der Waals surface area contributed by atoms with Crippen molar-refractivity contribution < 1.29 is 4.79 Å². The number of nitrogens with zero attached hydrogens (tertiary/aromatic N) is 3. The van der Waals surface area contributed by atoms with E-state index in [0.717, 1.165) is 5.56 Å². The first-order chi connectivity index (χ1) is 11.6. The molecule has 0 radical (unpaired) electrons.